The summed E-state index contributed by atoms with van der Waals surface area (Å²) in [7, 11) is 0. The number of nitrogens with zero attached hydrogens (tertiary/aromatic N) is 1. The van der Waals surface area contributed by atoms with E-state index in [1.807, 2.05) is 44.2 Å². The second kappa shape index (κ2) is 9.41. The molecule has 3 aromatic rings. The second-order valence-corrected chi connectivity index (χ2v) is 10.1. The van der Waals surface area contributed by atoms with Crippen molar-refractivity contribution >= 4 is 23.1 Å². The fraction of sp³-hybridized carbons (Fsp3) is 0.267. The highest BCUT2D eigenvalue weighted by Crippen LogP contribution is 2.42. The minimum absolute atomic E-state index is 0.0160. The topological polar surface area (TPSA) is 66.8 Å². The summed E-state index contributed by atoms with van der Waals surface area (Å²) >= 11 is 0. The number of amides is 1. The number of hydrogen-bond acceptors (Lipinski definition) is 4. The predicted molar refractivity (Wildman–Crippen MR) is 139 cm³/mol. The third-order valence-corrected chi connectivity index (χ3v) is 6.07. The van der Waals surface area contributed by atoms with E-state index >= 15 is 0 Å². The summed E-state index contributed by atoms with van der Waals surface area (Å²) in [6.07, 6.45) is 0.0160. The summed E-state index contributed by atoms with van der Waals surface area (Å²) in [6, 6.07) is 23.1. The minimum atomic E-state index is -0.763. The van der Waals surface area contributed by atoms with Gasteiger partial charge in [-0.05, 0) is 54.7 Å². The Balaban J connectivity index is 1.86. The Hall–Kier alpha value is -3.86. The molecule has 35 heavy (non-hydrogen) atoms. The average molecular weight is 470 g/mol. The number of anilines is 1. The highest BCUT2D eigenvalue weighted by atomic mass is 16.5. The normalized spacial score (nSPS) is 17.8. The highest BCUT2D eigenvalue weighted by Gasteiger charge is 2.47. The van der Waals surface area contributed by atoms with Crippen molar-refractivity contribution in [3.05, 3.63) is 101 Å². The molecule has 0 spiro atoms. The molecule has 1 aliphatic rings. The maximum atomic E-state index is 13.3. The number of carbonyl (C=O) groups is 2. The van der Waals surface area contributed by atoms with Gasteiger partial charge >= 0.3 is 0 Å². The Labute approximate surface area is 206 Å². The molecule has 0 radical (unpaired) electrons. The molecule has 1 amide bonds. The van der Waals surface area contributed by atoms with E-state index in [1.54, 1.807) is 48.5 Å². The number of benzene rings is 3. The van der Waals surface area contributed by atoms with Gasteiger partial charge in [-0.3, -0.25) is 14.5 Å². The molecule has 180 valence electrons. The van der Waals surface area contributed by atoms with E-state index in [1.165, 1.54) is 4.90 Å². The largest absolute Gasteiger partial charge is 0.507 e. The molecule has 1 heterocycles. The molecular formula is C30H31NO4. The van der Waals surface area contributed by atoms with Crippen LogP contribution in [0.25, 0.3) is 5.76 Å². The first kappa shape index (κ1) is 24.3. The Morgan fingerprint density at radius 3 is 2.03 bits per heavy atom. The van der Waals surface area contributed by atoms with Crippen LogP contribution in [-0.2, 0) is 15.0 Å². The number of ketones is 1. The number of carbonyl (C=O) groups excluding carboxylic acids is 2. The van der Waals surface area contributed by atoms with Crippen molar-refractivity contribution in [3.8, 4) is 5.75 Å². The van der Waals surface area contributed by atoms with Gasteiger partial charge in [0.05, 0.1) is 17.7 Å². The van der Waals surface area contributed by atoms with Crippen LogP contribution in [0, 0.1) is 0 Å². The Kier molecular flexibility index (Phi) is 6.53. The van der Waals surface area contributed by atoms with E-state index in [0.717, 1.165) is 11.1 Å². The Bertz CT molecular complexity index is 1250. The molecule has 1 unspecified atom stereocenters. The molecule has 0 aliphatic carbocycles. The van der Waals surface area contributed by atoms with E-state index < -0.39 is 17.7 Å². The molecule has 3 aromatic carbocycles. The van der Waals surface area contributed by atoms with Crippen LogP contribution in [-0.4, -0.2) is 22.9 Å². The summed E-state index contributed by atoms with van der Waals surface area (Å²) in [5.41, 5.74) is 2.96. The zero-order valence-corrected chi connectivity index (χ0v) is 20.8. The van der Waals surface area contributed by atoms with E-state index in [0.29, 0.717) is 17.0 Å². The SMILES string of the molecule is CC(C)Oc1ccc(N2C(=O)C(=O)/C(=C(\O)c3ccccc3)C2c2ccc(C(C)(C)C)cc2)cc1. The van der Waals surface area contributed by atoms with Gasteiger partial charge in [-0.2, -0.15) is 0 Å². The molecule has 1 atom stereocenters. The summed E-state index contributed by atoms with van der Waals surface area (Å²) in [6.45, 7) is 10.3. The van der Waals surface area contributed by atoms with Crippen LogP contribution in [0.4, 0.5) is 5.69 Å². The van der Waals surface area contributed by atoms with Gasteiger partial charge in [-0.1, -0.05) is 75.4 Å². The van der Waals surface area contributed by atoms with Gasteiger partial charge in [-0.25, -0.2) is 0 Å². The smallest absolute Gasteiger partial charge is 0.300 e. The number of aliphatic hydroxyl groups excluding tert-OH is 1. The lowest BCUT2D eigenvalue weighted by molar-refractivity contribution is -0.132. The first-order chi connectivity index (χ1) is 16.6. The molecule has 0 saturated carbocycles. The molecule has 1 N–H and O–H groups in total. The average Bonchev–Trinajstić information content (AvgIpc) is 3.09. The molecule has 5 nitrogen and oxygen atoms in total. The van der Waals surface area contributed by atoms with Gasteiger partial charge < -0.3 is 9.84 Å². The zero-order chi connectivity index (χ0) is 25.3. The molecule has 1 fully saturated rings. The van der Waals surface area contributed by atoms with Crippen molar-refractivity contribution in [2.24, 2.45) is 0 Å². The van der Waals surface area contributed by atoms with Crippen LogP contribution in [0.1, 0.15) is 57.4 Å². The van der Waals surface area contributed by atoms with Gasteiger partial charge in [0.1, 0.15) is 11.5 Å². The summed E-state index contributed by atoms with van der Waals surface area (Å²) in [5.74, 6) is -0.893. The molecule has 0 bridgehead atoms. The minimum Gasteiger partial charge on any atom is -0.507 e. The first-order valence-corrected chi connectivity index (χ1v) is 11.8. The van der Waals surface area contributed by atoms with Crippen LogP contribution in [0.5, 0.6) is 5.75 Å². The fourth-order valence-electron chi connectivity index (χ4n) is 4.29. The van der Waals surface area contributed by atoms with Crippen LogP contribution >= 0.6 is 0 Å². The fourth-order valence-corrected chi connectivity index (χ4v) is 4.29. The van der Waals surface area contributed by atoms with Gasteiger partial charge in [0, 0.05) is 11.3 Å². The lowest BCUT2D eigenvalue weighted by Gasteiger charge is -2.27. The number of rotatable bonds is 5. The van der Waals surface area contributed by atoms with Crippen molar-refractivity contribution in [1.29, 1.82) is 0 Å². The van der Waals surface area contributed by atoms with Gasteiger partial charge in [0.25, 0.3) is 11.7 Å². The van der Waals surface area contributed by atoms with Crippen molar-refractivity contribution in [3.63, 3.8) is 0 Å². The van der Waals surface area contributed by atoms with Crippen molar-refractivity contribution in [2.75, 3.05) is 4.90 Å². The van der Waals surface area contributed by atoms with Crippen LogP contribution < -0.4 is 9.64 Å². The lowest BCUT2D eigenvalue weighted by atomic mass is 9.85. The quantitative estimate of drug-likeness (QED) is 0.267. The number of hydrogen-bond donors (Lipinski definition) is 1. The van der Waals surface area contributed by atoms with Gasteiger partial charge in [0.15, 0.2) is 0 Å². The molecular weight excluding hydrogens is 438 g/mol. The van der Waals surface area contributed by atoms with Crippen LogP contribution in [0.2, 0.25) is 0 Å². The monoisotopic (exact) mass is 469 g/mol. The zero-order valence-electron chi connectivity index (χ0n) is 20.8. The van der Waals surface area contributed by atoms with E-state index in [9.17, 15) is 14.7 Å². The molecule has 5 heteroatoms. The summed E-state index contributed by atoms with van der Waals surface area (Å²) in [5, 5.41) is 11.2. The molecule has 1 saturated heterocycles. The standard InChI is InChI=1S/C30H31NO4/c1-19(2)35-24-17-15-23(16-18-24)31-26(20-11-13-22(14-12-20)30(3,4)5)25(28(33)29(31)34)27(32)21-9-7-6-8-10-21/h6-19,26,32H,1-5H3/b27-25-. The Morgan fingerprint density at radius 2 is 1.49 bits per heavy atom. The first-order valence-electron chi connectivity index (χ1n) is 11.8. The predicted octanol–water partition coefficient (Wildman–Crippen LogP) is 6.40. The Morgan fingerprint density at radius 1 is 0.886 bits per heavy atom. The van der Waals surface area contributed by atoms with Gasteiger partial charge in [-0.15, -0.1) is 0 Å². The van der Waals surface area contributed by atoms with Crippen molar-refractivity contribution in [1.82, 2.24) is 0 Å². The van der Waals surface area contributed by atoms with Crippen molar-refractivity contribution < 1.29 is 19.4 Å². The van der Waals surface area contributed by atoms with E-state index in [2.05, 4.69) is 20.8 Å². The highest BCUT2D eigenvalue weighted by molar-refractivity contribution is 6.51. The van der Waals surface area contributed by atoms with E-state index in [-0.39, 0.29) is 22.9 Å². The molecule has 1 aliphatic heterocycles. The second-order valence-electron chi connectivity index (χ2n) is 10.1. The maximum Gasteiger partial charge on any atom is 0.300 e. The molecule has 4 rings (SSSR count). The third kappa shape index (κ3) is 4.85. The maximum absolute atomic E-state index is 13.3. The summed E-state index contributed by atoms with van der Waals surface area (Å²) < 4.78 is 5.73. The third-order valence-electron chi connectivity index (χ3n) is 6.07. The lowest BCUT2D eigenvalue weighted by Crippen LogP contribution is -2.29. The molecule has 0 aromatic heterocycles. The van der Waals surface area contributed by atoms with Crippen molar-refractivity contribution in [2.45, 2.75) is 52.2 Å². The summed E-state index contributed by atoms with van der Waals surface area (Å²) in [4.78, 5) is 28.1. The van der Waals surface area contributed by atoms with Gasteiger partial charge in [0.2, 0.25) is 0 Å². The van der Waals surface area contributed by atoms with Crippen LogP contribution in [0.3, 0.4) is 0 Å². The number of ether oxygens (including phenoxy) is 1. The number of Topliss-reactive ketones (excluding diaryl/α,β-unsaturated/α-hetero) is 1. The number of aliphatic hydroxyl groups is 1. The van der Waals surface area contributed by atoms with Crippen LogP contribution in [0.15, 0.2) is 84.4 Å². The van der Waals surface area contributed by atoms with E-state index in [4.69, 9.17) is 4.74 Å².